The Labute approximate surface area is 71.5 Å². The molecule has 0 radical (unpaired) electrons. The maximum Gasteiger partial charge on any atom is 0.220 e. The number of carbonyl (C=O) groups is 1. The van der Waals surface area contributed by atoms with E-state index in [1.807, 2.05) is 0 Å². The van der Waals surface area contributed by atoms with Crippen LogP contribution in [0.25, 0.3) is 0 Å². The van der Waals surface area contributed by atoms with Crippen LogP contribution in [0.1, 0.15) is 12.8 Å². The highest BCUT2D eigenvalue weighted by Gasteiger charge is 2.29. The van der Waals surface area contributed by atoms with E-state index in [1.54, 1.807) is 0 Å². The highest BCUT2D eigenvalue weighted by atomic mass is 16.3. The first-order valence-corrected chi connectivity index (χ1v) is 4.44. The summed E-state index contributed by atoms with van der Waals surface area (Å²) < 4.78 is 0. The van der Waals surface area contributed by atoms with Crippen molar-refractivity contribution in [3.63, 3.8) is 0 Å². The van der Waals surface area contributed by atoms with E-state index in [9.17, 15) is 4.79 Å². The molecule has 0 aromatic rings. The van der Waals surface area contributed by atoms with Crippen molar-refractivity contribution in [1.82, 2.24) is 10.2 Å². The van der Waals surface area contributed by atoms with Gasteiger partial charge in [0.25, 0.3) is 0 Å². The molecule has 1 unspecified atom stereocenters. The van der Waals surface area contributed by atoms with Crippen LogP contribution in [-0.2, 0) is 4.79 Å². The van der Waals surface area contributed by atoms with Crippen LogP contribution in [0.15, 0.2) is 0 Å². The van der Waals surface area contributed by atoms with E-state index in [4.69, 9.17) is 5.11 Å². The predicted molar refractivity (Wildman–Crippen MR) is 43.6 cm³/mol. The fourth-order valence-corrected chi connectivity index (χ4v) is 1.82. The summed E-state index contributed by atoms with van der Waals surface area (Å²) in [6.45, 7) is 2.45. The summed E-state index contributed by atoms with van der Waals surface area (Å²) in [5.41, 5.74) is 0. The third-order valence-corrected chi connectivity index (χ3v) is 2.50. The molecule has 12 heavy (non-hydrogen) atoms. The second-order valence-corrected chi connectivity index (χ2v) is 3.68. The number of hydrogen-bond acceptors (Lipinski definition) is 3. The Kier molecular flexibility index (Phi) is 2.02. The van der Waals surface area contributed by atoms with Gasteiger partial charge in [-0.25, -0.2) is 0 Å². The monoisotopic (exact) mass is 170 g/mol. The fraction of sp³-hybridized carbons (Fsp3) is 0.875. The van der Waals surface area contributed by atoms with E-state index < -0.39 is 0 Å². The SMILES string of the molecule is O=C1CCC(CN2CC(O)C2)N1. The normalized spacial score (nSPS) is 31.8. The van der Waals surface area contributed by atoms with Crippen molar-refractivity contribution in [2.24, 2.45) is 0 Å². The maximum atomic E-state index is 10.8. The lowest BCUT2D eigenvalue weighted by atomic mass is 10.1. The van der Waals surface area contributed by atoms with Crippen molar-refractivity contribution in [3.8, 4) is 0 Å². The van der Waals surface area contributed by atoms with Crippen molar-refractivity contribution in [2.45, 2.75) is 25.0 Å². The van der Waals surface area contributed by atoms with Crippen molar-refractivity contribution in [3.05, 3.63) is 0 Å². The minimum absolute atomic E-state index is 0.137. The van der Waals surface area contributed by atoms with E-state index in [-0.39, 0.29) is 12.0 Å². The molecule has 0 spiro atoms. The van der Waals surface area contributed by atoms with Crippen LogP contribution >= 0.6 is 0 Å². The molecule has 0 aromatic heterocycles. The Morgan fingerprint density at radius 2 is 2.33 bits per heavy atom. The Hall–Kier alpha value is -0.610. The maximum absolute atomic E-state index is 10.8. The highest BCUT2D eigenvalue weighted by molar-refractivity contribution is 5.78. The van der Waals surface area contributed by atoms with Crippen LogP contribution < -0.4 is 5.32 Å². The lowest BCUT2D eigenvalue weighted by Gasteiger charge is -2.37. The molecule has 2 N–H and O–H groups in total. The molecule has 1 amide bonds. The van der Waals surface area contributed by atoms with Gasteiger partial charge in [-0.2, -0.15) is 0 Å². The molecule has 2 saturated heterocycles. The average Bonchev–Trinajstić information content (AvgIpc) is 2.33. The number of rotatable bonds is 2. The summed E-state index contributed by atoms with van der Waals surface area (Å²) in [6, 6.07) is 0.324. The molecule has 2 rings (SSSR count). The van der Waals surface area contributed by atoms with Crippen LogP contribution in [0.2, 0.25) is 0 Å². The van der Waals surface area contributed by atoms with E-state index >= 15 is 0 Å². The Morgan fingerprint density at radius 3 is 2.83 bits per heavy atom. The number of amides is 1. The number of aliphatic hydroxyl groups excluding tert-OH is 1. The molecule has 68 valence electrons. The second kappa shape index (κ2) is 3.03. The summed E-state index contributed by atoms with van der Waals surface area (Å²) in [7, 11) is 0. The molecule has 2 heterocycles. The number of nitrogens with one attached hydrogen (secondary N) is 1. The van der Waals surface area contributed by atoms with Crippen molar-refractivity contribution in [2.75, 3.05) is 19.6 Å². The van der Waals surface area contributed by atoms with Gasteiger partial charge >= 0.3 is 0 Å². The van der Waals surface area contributed by atoms with Crippen LogP contribution in [0.5, 0.6) is 0 Å². The van der Waals surface area contributed by atoms with Gasteiger partial charge in [-0.1, -0.05) is 0 Å². The number of carbonyl (C=O) groups excluding carboxylic acids is 1. The van der Waals surface area contributed by atoms with Crippen LogP contribution in [0, 0.1) is 0 Å². The molecule has 4 nitrogen and oxygen atoms in total. The molecule has 1 atom stereocenters. The highest BCUT2D eigenvalue weighted by Crippen LogP contribution is 2.13. The molecular weight excluding hydrogens is 156 g/mol. The molecule has 0 aliphatic carbocycles. The zero-order valence-corrected chi connectivity index (χ0v) is 6.99. The molecule has 2 aliphatic rings. The molecule has 2 aliphatic heterocycles. The molecule has 0 saturated carbocycles. The van der Waals surface area contributed by atoms with Gasteiger partial charge < -0.3 is 10.4 Å². The minimum Gasteiger partial charge on any atom is -0.390 e. The second-order valence-electron chi connectivity index (χ2n) is 3.68. The lowest BCUT2D eigenvalue weighted by Crippen LogP contribution is -2.54. The summed E-state index contributed by atoms with van der Waals surface area (Å²) in [5.74, 6) is 0.168. The molecule has 0 aromatic carbocycles. The van der Waals surface area contributed by atoms with Gasteiger partial charge in [-0.3, -0.25) is 9.69 Å². The topological polar surface area (TPSA) is 52.6 Å². The third-order valence-electron chi connectivity index (χ3n) is 2.50. The van der Waals surface area contributed by atoms with Crippen molar-refractivity contribution < 1.29 is 9.90 Å². The van der Waals surface area contributed by atoms with Crippen LogP contribution in [0.3, 0.4) is 0 Å². The van der Waals surface area contributed by atoms with Gasteiger partial charge in [0.05, 0.1) is 6.10 Å². The zero-order chi connectivity index (χ0) is 8.55. The van der Waals surface area contributed by atoms with Gasteiger partial charge in [0.2, 0.25) is 5.91 Å². The van der Waals surface area contributed by atoms with Crippen molar-refractivity contribution >= 4 is 5.91 Å². The van der Waals surface area contributed by atoms with E-state index in [0.29, 0.717) is 12.5 Å². The van der Waals surface area contributed by atoms with E-state index in [1.165, 1.54) is 0 Å². The molecule has 0 bridgehead atoms. The van der Waals surface area contributed by atoms with Gasteiger partial charge in [0, 0.05) is 32.1 Å². The summed E-state index contributed by atoms with van der Waals surface area (Å²) >= 11 is 0. The van der Waals surface area contributed by atoms with Crippen LogP contribution in [0.4, 0.5) is 0 Å². The number of aliphatic hydroxyl groups is 1. The minimum atomic E-state index is -0.137. The first kappa shape index (κ1) is 8.01. The standard InChI is InChI=1S/C8H14N2O2/c11-7-4-10(5-7)3-6-1-2-8(12)9-6/h6-7,11H,1-5H2,(H,9,12). The summed E-state index contributed by atoms with van der Waals surface area (Å²) in [5, 5.41) is 11.9. The third kappa shape index (κ3) is 1.59. The lowest BCUT2D eigenvalue weighted by molar-refractivity contribution is -0.119. The number of nitrogens with zero attached hydrogens (tertiary/aromatic N) is 1. The Balaban J connectivity index is 1.70. The smallest absolute Gasteiger partial charge is 0.220 e. The first-order valence-electron chi connectivity index (χ1n) is 4.44. The van der Waals surface area contributed by atoms with Gasteiger partial charge in [-0.15, -0.1) is 0 Å². The Bertz CT molecular complexity index is 189. The zero-order valence-electron chi connectivity index (χ0n) is 6.99. The number of hydrogen-bond donors (Lipinski definition) is 2. The van der Waals surface area contributed by atoms with Gasteiger partial charge in [0.15, 0.2) is 0 Å². The average molecular weight is 170 g/mol. The van der Waals surface area contributed by atoms with E-state index in [0.717, 1.165) is 26.1 Å². The van der Waals surface area contributed by atoms with Gasteiger partial charge in [0.1, 0.15) is 0 Å². The fourth-order valence-electron chi connectivity index (χ4n) is 1.82. The summed E-state index contributed by atoms with van der Waals surface area (Å²) in [4.78, 5) is 13.0. The number of likely N-dealkylation sites (tertiary alicyclic amines) is 1. The Morgan fingerprint density at radius 1 is 1.58 bits per heavy atom. The van der Waals surface area contributed by atoms with Crippen LogP contribution in [-0.4, -0.2) is 47.7 Å². The number of β-amino-alcohol motifs (C(OH)–C–C–N with tert-alkyl or cyclic N) is 1. The summed E-state index contributed by atoms with van der Waals surface area (Å²) in [6.07, 6.45) is 1.48. The first-order chi connectivity index (χ1) is 5.74. The van der Waals surface area contributed by atoms with Crippen molar-refractivity contribution in [1.29, 1.82) is 0 Å². The molecule has 2 fully saturated rings. The largest absolute Gasteiger partial charge is 0.390 e. The quantitative estimate of drug-likeness (QED) is 0.555. The molecular formula is C8H14N2O2. The molecule has 4 heteroatoms. The predicted octanol–water partition coefficient (Wildman–Crippen LogP) is -1.06. The van der Waals surface area contributed by atoms with E-state index in [2.05, 4.69) is 10.2 Å². The van der Waals surface area contributed by atoms with Gasteiger partial charge in [-0.05, 0) is 6.42 Å².